The molecule has 1 aromatic carbocycles. The molecule has 0 amide bonds. The average Bonchev–Trinajstić information content (AvgIpc) is 2.91. The average molecular weight is 331 g/mol. The molecule has 9 heteroatoms. The second-order valence-electron chi connectivity index (χ2n) is 5.38. The van der Waals surface area contributed by atoms with Gasteiger partial charge in [-0.3, -0.25) is 10.1 Å². The van der Waals surface area contributed by atoms with Gasteiger partial charge in [0, 0.05) is 19.2 Å². The van der Waals surface area contributed by atoms with Gasteiger partial charge in [0.1, 0.15) is 5.82 Å². The number of rotatable bonds is 5. The van der Waals surface area contributed by atoms with Crippen molar-refractivity contribution in [2.75, 3.05) is 26.7 Å². The van der Waals surface area contributed by atoms with E-state index in [4.69, 9.17) is 0 Å². The Morgan fingerprint density at radius 3 is 2.77 bits per heavy atom. The molecule has 1 atom stereocenters. The summed E-state index contributed by atoms with van der Waals surface area (Å²) in [6.07, 6.45) is 0.705. The molecule has 122 valence electrons. The zero-order valence-corrected chi connectivity index (χ0v) is 13.2. The highest BCUT2D eigenvalue weighted by Crippen LogP contribution is 2.29. The Bertz CT molecular complexity index is 693. The summed E-state index contributed by atoms with van der Waals surface area (Å²) in [6, 6.07) is 1.78. The third-order valence-corrected chi connectivity index (χ3v) is 5.71. The summed E-state index contributed by atoms with van der Waals surface area (Å²) in [5.41, 5.74) is -0.692. The molecule has 1 fully saturated rings. The van der Waals surface area contributed by atoms with Crippen molar-refractivity contribution in [3.05, 3.63) is 33.6 Å². The lowest BCUT2D eigenvalue weighted by molar-refractivity contribution is -0.385. The number of hydrogen-bond acceptors (Lipinski definition) is 5. The number of hydrogen-bond donors (Lipinski definition) is 1. The highest BCUT2D eigenvalue weighted by Gasteiger charge is 2.34. The lowest BCUT2D eigenvalue weighted by Crippen LogP contribution is -2.30. The molecule has 2 rings (SSSR count). The number of nitrogens with zero attached hydrogens (tertiary/aromatic N) is 2. The molecular weight excluding hydrogens is 313 g/mol. The van der Waals surface area contributed by atoms with Crippen LogP contribution < -0.4 is 5.32 Å². The molecule has 1 N–H and O–H groups in total. The largest absolute Gasteiger partial charge is 0.319 e. The van der Waals surface area contributed by atoms with Crippen molar-refractivity contribution in [1.82, 2.24) is 9.62 Å². The molecule has 0 aromatic heterocycles. The first kappa shape index (κ1) is 16.8. The summed E-state index contributed by atoms with van der Waals surface area (Å²) in [6.45, 7) is 2.60. The normalized spacial score (nSPS) is 19.5. The van der Waals surface area contributed by atoms with Crippen LogP contribution in [0.15, 0.2) is 17.0 Å². The summed E-state index contributed by atoms with van der Waals surface area (Å²) < 4.78 is 40.1. The van der Waals surface area contributed by atoms with Crippen LogP contribution in [-0.4, -0.2) is 44.3 Å². The molecule has 0 aliphatic carbocycles. The highest BCUT2D eigenvalue weighted by molar-refractivity contribution is 7.89. The molecular formula is C13H18FN3O4S. The van der Waals surface area contributed by atoms with Crippen LogP contribution in [0.25, 0.3) is 0 Å². The quantitative estimate of drug-likeness (QED) is 0.648. The predicted octanol–water partition coefficient (Wildman–Crippen LogP) is 1.27. The van der Waals surface area contributed by atoms with Crippen molar-refractivity contribution >= 4 is 15.7 Å². The topological polar surface area (TPSA) is 92.6 Å². The first-order valence-electron chi connectivity index (χ1n) is 6.86. The minimum Gasteiger partial charge on any atom is -0.319 e. The lowest BCUT2D eigenvalue weighted by atomic mass is 10.1. The third kappa shape index (κ3) is 3.11. The van der Waals surface area contributed by atoms with E-state index < -0.39 is 26.5 Å². The van der Waals surface area contributed by atoms with Gasteiger partial charge in [-0.25, -0.2) is 12.8 Å². The van der Waals surface area contributed by atoms with Crippen molar-refractivity contribution in [3.8, 4) is 0 Å². The maximum atomic E-state index is 13.8. The van der Waals surface area contributed by atoms with Gasteiger partial charge in [0.15, 0.2) is 0 Å². The van der Waals surface area contributed by atoms with E-state index in [-0.39, 0.29) is 16.4 Å². The highest BCUT2D eigenvalue weighted by atomic mass is 32.2. The number of nitrogens with one attached hydrogen (secondary N) is 1. The second kappa shape index (κ2) is 6.27. The molecule has 1 saturated heterocycles. The van der Waals surface area contributed by atoms with E-state index in [1.165, 1.54) is 11.2 Å². The van der Waals surface area contributed by atoms with Crippen molar-refractivity contribution in [2.24, 2.45) is 5.92 Å². The fourth-order valence-electron chi connectivity index (χ4n) is 2.60. The molecule has 1 unspecified atom stereocenters. The van der Waals surface area contributed by atoms with E-state index in [9.17, 15) is 22.9 Å². The number of halogens is 1. The maximum absolute atomic E-state index is 13.8. The molecule has 1 aromatic rings. The van der Waals surface area contributed by atoms with Crippen LogP contribution in [-0.2, 0) is 10.0 Å². The molecule has 1 heterocycles. The van der Waals surface area contributed by atoms with Crippen molar-refractivity contribution in [3.63, 3.8) is 0 Å². The second-order valence-corrected chi connectivity index (χ2v) is 7.32. The number of nitro groups is 1. The summed E-state index contributed by atoms with van der Waals surface area (Å²) in [5.74, 6) is -0.705. The Morgan fingerprint density at radius 2 is 2.18 bits per heavy atom. The molecule has 22 heavy (non-hydrogen) atoms. The van der Waals surface area contributed by atoms with Gasteiger partial charge >= 0.3 is 0 Å². The smallest absolute Gasteiger partial charge is 0.276 e. The zero-order valence-electron chi connectivity index (χ0n) is 12.4. The minimum atomic E-state index is -3.92. The van der Waals surface area contributed by atoms with Crippen LogP contribution in [0.4, 0.5) is 10.1 Å². The Hall–Kier alpha value is -1.58. The number of sulfonamides is 1. The fourth-order valence-corrected chi connectivity index (χ4v) is 4.16. The van der Waals surface area contributed by atoms with Gasteiger partial charge in [-0.15, -0.1) is 0 Å². The van der Waals surface area contributed by atoms with E-state index in [1.54, 1.807) is 7.05 Å². The fraction of sp³-hybridized carbons (Fsp3) is 0.538. The predicted molar refractivity (Wildman–Crippen MR) is 78.6 cm³/mol. The SMILES string of the molecule is CNCC1CCN(S(=O)(=O)c2cc(F)c(C)c([N+](=O)[O-])c2)C1. The number of nitro benzene ring substituents is 1. The Morgan fingerprint density at radius 1 is 1.50 bits per heavy atom. The molecule has 0 bridgehead atoms. The number of benzene rings is 1. The first-order valence-corrected chi connectivity index (χ1v) is 8.30. The zero-order chi connectivity index (χ0) is 16.5. The molecule has 0 saturated carbocycles. The first-order chi connectivity index (χ1) is 10.3. The third-order valence-electron chi connectivity index (χ3n) is 3.87. The summed E-state index contributed by atoms with van der Waals surface area (Å²) in [5, 5.41) is 13.9. The lowest BCUT2D eigenvalue weighted by Gasteiger charge is -2.17. The van der Waals surface area contributed by atoms with Gasteiger partial charge in [0.2, 0.25) is 10.0 Å². The van der Waals surface area contributed by atoms with Crippen LogP contribution in [0.5, 0.6) is 0 Å². The summed E-state index contributed by atoms with van der Waals surface area (Å²) >= 11 is 0. The van der Waals surface area contributed by atoms with Gasteiger partial charge < -0.3 is 5.32 Å². The maximum Gasteiger partial charge on any atom is 0.276 e. The van der Waals surface area contributed by atoms with Crippen LogP contribution in [0.1, 0.15) is 12.0 Å². The van der Waals surface area contributed by atoms with Gasteiger partial charge in [-0.05, 0) is 38.9 Å². The van der Waals surface area contributed by atoms with Gasteiger partial charge in [0.05, 0.1) is 15.4 Å². The van der Waals surface area contributed by atoms with Gasteiger partial charge in [0.25, 0.3) is 5.69 Å². The van der Waals surface area contributed by atoms with Gasteiger partial charge in [-0.2, -0.15) is 4.31 Å². The van der Waals surface area contributed by atoms with Crippen molar-refractivity contribution < 1.29 is 17.7 Å². The Balaban J connectivity index is 2.37. The molecule has 1 aliphatic heterocycles. The van der Waals surface area contributed by atoms with Crippen LogP contribution in [0, 0.1) is 28.8 Å². The summed E-state index contributed by atoms with van der Waals surface area (Å²) in [4.78, 5) is 9.79. The molecule has 7 nitrogen and oxygen atoms in total. The Kier molecular flexibility index (Phi) is 4.78. The van der Waals surface area contributed by atoms with Crippen molar-refractivity contribution in [2.45, 2.75) is 18.2 Å². The monoisotopic (exact) mass is 331 g/mol. The Labute approximate surface area is 128 Å². The standard InChI is InChI=1S/C13H18FN3O4S/c1-9-12(14)5-11(6-13(9)17(18)19)22(20,21)16-4-3-10(8-16)7-15-2/h5-6,10,15H,3-4,7-8H2,1-2H3. The van der Waals surface area contributed by atoms with Crippen LogP contribution in [0.3, 0.4) is 0 Å². The van der Waals surface area contributed by atoms with E-state index in [0.717, 1.165) is 12.1 Å². The molecule has 0 radical (unpaired) electrons. The van der Waals surface area contributed by atoms with Crippen molar-refractivity contribution in [1.29, 1.82) is 0 Å². The summed E-state index contributed by atoms with van der Waals surface area (Å²) in [7, 11) is -2.14. The van der Waals surface area contributed by atoms with E-state index in [0.29, 0.717) is 26.1 Å². The van der Waals surface area contributed by atoms with E-state index in [2.05, 4.69) is 5.32 Å². The van der Waals surface area contributed by atoms with Gasteiger partial charge in [-0.1, -0.05) is 0 Å². The molecule has 0 spiro atoms. The van der Waals surface area contributed by atoms with Crippen LogP contribution >= 0.6 is 0 Å². The minimum absolute atomic E-state index is 0.168. The molecule has 1 aliphatic rings. The van der Waals surface area contributed by atoms with E-state index >= 15 is 0 Å². The van der Waals surface area contributed by atoms with Crippen LogP contribution in [0.2, 0.25) is 0 Å². The van der Waals surface area contributed by atoms with E-state index in [1.807, 2.05) is 0 Å².